The van der Waals surface area contributed by atoms with Crippen LogP contribution >= 0.6 is 11.3 Å². The number of hydrogen-bond donors (Lipinski definition) is 0. The Kier molecular flexibility index (Phi) is 2.29. The normalized spacial score (nSPS) is 10.0. The van der Waals surface area contributed by atoms with E-state index < -0.39 is 0 Å². The third kappa shape index (κ3) is 1.83. The average Bonchev–Trinajstić information content (AvgIpc) is 2.17. The van der Waals surface area contributed by atoms with Gasteiger partial charge in [0.15, 0.2) is 0 Å². The van der Waals surface area contributed by atoms with Crippen LogP contribution in [0.2, 0.25) is 0 Å². The van der Waals surface area contributed by atoms with E-state index in [-0.39, 0.29) is 0 Å². The summed E-state index contributed by atoms with van der Waals surface area (Å²) in [7, 11) is 0. The molecule has 9 heavy (non-hydrogen) atoms. The van der Waals surface area contributed by atoms with Crippen molar-refractivity contribution in [2.24, 2.45) is 0 Å². The molecule has 0 nitrogen and oxygen atoms in total. The molecule has 0 aliphatic carbocycles. The maximum absolute atomic E-state index is 2.27. The Morgan fingerprint density at radius 3 is 2.78 bits per heavy atom. The summed E-state index contributed by atoms with van der Waals surface area (Å²) in [4.78, 5) is 1.43. The van der Waals surface area contributed by atoms with Crippen LogP contribution in [0.15, 0.2) is 11.4 Å². The smallest absolute Gasteiger partial charge is 0.00170 e. The second-order valence-corrected chi connectivity index (χ2v) is 3.43. The van der Waals surface area contributed by atoms with Gasteiger partial charge < -0.3 is 0 Å². The van der Waals surface area contributed by atoms with Crippen LogP contribution in [-0.2, 0) is 6.42 Å². The lowest BCUT2D eigenvalue weighted by Crippen LogP contribution is -1.74. The summed E-state index contributed by atoms with van der Waals surface area (Å²) in [6, 6.07) is 2.27. The maximum Gasteiger partial charge on any atom is 0.00170 e. The van der Waals surface area contributed by atoms with E-state index in [0.29, 0.717) is 0 Å². The fraction of sp³-hybridized carbons (Fsp3) is 0.500. The Balaban J connectivity index is 2.61. The maximum atomic E-state index is 2.27. The average molecular weight is 140 g/mol. The number of thiophene rings is 1. The van der Waals surface area contributed by atoms with Crippen molar-refractivity contribution in [2.75, 3.05) is 0 Å². The zero-order valence-corrected chi connectivity index (χ0v) is 6.79. The predicted octanol–water partition coefficient (Wildman–Crippen LogP) is 3.01. The van der Waals surface area contributed by atoms with Gasteiger partial charge in [0.25, 0.3) is 0 Å². The second kappa shape index (κ2) is 3.02. The Morgan fingerprint density at radius 2 is 2.33 bits per heavy atom. The van der Waals surface area contributed by atoms with Crippen molar-refractivity contribution in [3.63, 3.8) is 0 Å². The molecule has 0 spiro atoms. The van der Waals surface area contributed by atoms with Gasteiger partial charge in [0, 0.05) is 4.88 Å². The lowest BCUT2D eigenvalue weighted by atomic mass is 10.2. The fourth-order valence-electron chi connectivity index (χ4n) is 0.918. The van der Waals surface area contributed by atoms with Gasteiger partial charge in [0.2, 0.25) is 0 Å². The summed E-state index contributed by atoms with van der Waals surface area (Å²) in [6.45, 7) is 4.37. The molecule has 1 rings (SSSR count). The molecule has 0 aliphatic rings. The first-order chi connectivity index (χ1) is 4.33. The van der Waals surface area contributed by atoms with E-state index >= 15 is 0 Å². The van der Waals surface area contributed by atoms with Gasteiger partial charge in [-0.3, -0.25) is 0 Å². The van der Waals surface area contributed by atoms with Gasteiger partial charge in [-0.05, 0) is 30.4 Å². The van der Waals surface area contributed by atoms with E-state index in [1.807, 2.05) is 11.3 Å². The van der Waals surface area contributed by atoms with Gasteiger partial charge in [0.1, 0.15) is 0 Å². The summed E-state index contributed by atoms with van der Waals surface area (Å²) in [5, 5.41) is 2.25. The molecule has 1 aromatic rings. The minimum atomic E-state index is 1.24. The number of rotatable bonds is 2. The molecule has 0 atom stereocenters. The molecule has 0 amide bonds. The largest absolute Gasteiger partial charge is 0.149 e. The van der Waals surface area contributed by atoms with Crippen molar-refractivity contribution in [3.8, 4) is 0 Å². The lowest BCUT2D eigenvalue weighted by molar-refractivity contribution is 0.926. The Bertz CT molecular complexity index is 176. The highest BCUT2D eigenvalue weighted by Gasteiger charge is 1.92. The van der Waals surface area contributed by atoms with E-state index in [4.69, 9.17) is 0 Å². The summed E-state index contributed by atoms with van der Waals surface area (Å²) in [5.74, 6) is 0. The minimum absolute atomic E-state index is 1.24. The second-order valence-electron chi connectivity index (χ2n) is 2.32. The first-order valence-electron chi connectivity index (χ1n) is 3.37. The van der Waals surface area contributed by atoms with Gasteiger partial charge in [-0.2, -0.15) is 0 Å². The number of hydrogen-bond acceptors (Lipinski definition) is 1. The summed E-state index contributed by atoms with van der Waals surface area (Å²) in [6.07, 6.45) is 2.50. The molecule has 0 aromatic carbocycles. The summed E-state index contributed by atoms with van der Waals surface area (Å²) in [5.41, 5.74) is 1.50. The molecule has 50 valence electrons. The molecular weight excluding hydrogens is 128 g/mol. The van der Waals surface area contributed by atoms with Gasteiger partial charge in [-0.25, -0.2) is 0 Å². The van der Waals surface area contributed by atoms with Crippen molar-refractivity contribution in [1.29, 1.82) is 0 Å². The van der Waals surface area contributed by atoms with Crippen LogP contribution in [0.1, 0.15) is 23.8 Å². The highest BCUT2D eigenvalue weighted by molar-refractivity contribution is 7.10. The molecule has 0 unspecified atom stereocenters. The molecule has 1 heteroatoms. The van der Waals surface area contributed by atoms with Gasteiger partial charge in [0.05, 0.1) is 0 Å². The van der Waals surface area contributed by atoms with E-state index in [2.05, 4.69) is 25.3 Å². The third-order valence-electron chi connectivity index (χ3n) is 1.32. The van der Waals surface area contributed by atoms with Gasteiger partial charge in [-0.15, -0.1) is 11.3 Å². The zero-order chi connectivity index (χ0) is 6.69. The third-order valence-corrected chi connectivity index (χ3v) is 2.23. The van der Waals surface area contributed by atoms with Crippen molar-refractivity contribution in [2.45, 2.75) is 26.7 Å². The zero-order valence-electron chi connectivity index (χ0n) is 5.98. The fourth-order valence-corrected chi connectivity index (χ4v) is 1.66. The molecule has 1 heterocycles. The Labute approximate surface area is 60.5 Å². The molecule has 0 aliphatic heterocycles. The Hall–Kier alpha value is -0.300. The molecule has 0 saturated carbocycles. The van der Waals surface area contributed by atoms with E-state index in [0.717, 1.165) is 0 Å². The van der Waals surface area contributed by atoms with Crippen LogP contribution in [0.5, 0.6) is 0 Å². The SMILES string of the molecule is CCCc1csc(C)c1. The highest BCUT2D eigenvalue weighted by Crippen LogP contribution is 2.13. The van der Waals surface area contributed by atoms with Gasteiger partial charge in [-0.1, -0.05) is 13.3 Å². The summed E-state index contributed by atoms with van der Waals surface area (Å²) >= 11 is 1.84. The molecule has 0 N–H and O–H groups in total. The topological polar surface area (TPSA) is 0 Å². The standard InChI is InChI=1S/C8H12S/c1-3-4-8-5-7(2)9-6-8/h5-6H,3-4H2,1-2H3. The quantitative estimate of drug-likeness (QED) is 0.592. The highest BCUT2D eigenvalue weighted by atomic mass is 32.1. The molecular formula is C8H12S. The van der Waals surface area contributed by atoms with Crippen LogP contribution in [0, 0.1) is 6.92 Å². The monoisotopic (exact) mass is 140 g/mol. The molecule has 0 bridgehead atoms. The summed E-state index contributed by atoms with van der Waals surface area (Å²) < 4.78 is 0. The van der Waals surface area contributed by atoms with Crippen LogP contribution in [0.3, 0.4) is 0 Å². The van der Waals surface area contributed by atoms with Crippen molar-refractivity contribution in [1.82, 2.24) is 0 Å². The van der Waals surface area contributed by atoms with Crippen LogP contribution in [0.25, 0.3) is 0 Å². The van der Waals surface area contributed by atoms with Crippen molar-refractivity contribution in [3.05, 3.63) is 21.9 Å². The van der Waals surface area contributed by atoms with E-state index in [1.54, 1.807) is 0 Å². The van der Waals surface area contributed by atoms with Gasteiger partial charge >= 0.3 is 0 Å². The van der Waals surface area contributed by atoms with Crippen LogP contribution in [0.4, 0.5) is 0 Å². The van der Waals surface area contributed by atoms with E-state index in [9.17, 15) is 0 Å². The van der Waals surface area contributed by atoms with Crippen molar-refractivity contribution >= 4 is 11.3 Å². The Morgan fingerprint density at radius 1 is 1.56 bits per heavy atom. The molecule has 0 radical (unpaired) electrons. The lowest BCUT2D eigenvalue weighted by Gasteiger charge is -1.86. The van der Waals surface area contributed by atoms with E-state index in [1.165, 1.54) is 23.3 Å². The first-order valence-corrected chi connectivity index (χ1v) is 4.25. The molecule has 0 saturated heterocycles. The van der Waals surface area contributed by atoms with Crippen molar-refractivity contribution < 1.29 is 0 Å². The first kappa shape index (κ1) is 6.81. The predicted molar refractivity (Wildman–Crippen MR) is 43.1 cm³/mol. The molecule has 0 fully saturated rings. The van der Waals surface area contributed by atoms with Crippen LogP contribution < -0.4 is 0 Å². The minimum Gasteiger partial charge on any atom is -0.149 e. The molecule has 1 aromatic heterocycles. The van der Waals surface area contributed by atoms with Crippen LogP contribution in [-0.4, -0.2) is 0 Å². The number of aryl methyl sites for hydroxylation is 2.